The Balaban J connectivity index is 0.000000206. The molecule has 0 amide bonds. The molecule has 0 aliphatic carbocycles. The van der Waals surface area contributed by atoms with E-state index in [0.29, 0.717) is 62.5 Å². The fourth-order valence-corrected chi connectivity index (χ4v) is 6.46. The van der Waals surface area contributed by atoms with Crippen LogP contribution in [0.1, 0.15) is 110 Å². The number of pyridine rings is 6. The van der Waals surface area contributed by atoms with Crippen LogP contribution in [0.15, 0.2) is 116 Å². The van der Waals surface area contributed by atoms with Gasteiger partial charge in [-0.2, -0.15) is 0 Å². The Hall–Kier alpha value is -9.89. The zero-order chi connectivity index (χ0) is 51.6. The van der Waals surface area contributed by atoms with Gasteiger partial charge in [0.2, 0.25) is 0 Å². The largest absolute Gasteiger partial charge is 0.504 e. The fourth-order valence-electron chi connectivity index (χ4n) is 6.46. The Morgan fingerprint density at radius 2 is 0.877 bits per heavy atom. The second-order valence-corrected chi connectivity index (χ2v) is 14.5. The monoisotopic (exact) mass is 978 g/mol. The van der Waals surface area contributed by atoms with Gasteiger partial charge in [0.15, 0.2) is 40.1 Å². The minimum Gasteiger partial charge on any atom is -0.504 e. The highest BCUT2D eigenvalue weighted by Gasteiger charge is 2.26. The third kappa shape index (κ3) is 13.1. The van der Waals surface area contributed by atoms with Crippen molar-refractivity contribution in [3.8, 4) is 52.8 Å². The van der Waals surface area contributed by atoms with Gasteiger partial charge in [-0.1, -0.05) is 75.4 Å². The summed E-state index contributed by atoms with van der Waals surface area (Å²) in [5.41, 5.74) is 2.27. The van der Waals surface area contributed by atoms with Gasteiger partial charge in [-0.15, -0.1) is 0 Å². The summed E-state index contributed by atoms with van der Waals surface area (Å²) in [4.78, 5) is 86.1. The van der Waals surface area contributed by atoms with E-state index in [1.807, 2.05) is 13.8 Å². The van der Waals surface area contributed by atoms with Gasteiger partial charge in [-0.25, -0.2) is 34.1 Å². The maximum absolute atomic E-state index is 12.5. The standard InChI is InChI=1S/C21H16N2O4.C20H14N2O5.C14H12N2O2.CH4/c1-3-4-12-16-15-11-8-13-22-17(15)19(18(23-16)21(25)26-2)27-20(24)14-9-6-5-7-10-14;1-26-20(25)17-18(27-19(24)13-7-3-2-4-8-13)16-14(9-5-11-21-16)15(22-17)10-6-12-23;1-3-4-7-11-10-6-5-8-15-13(10)14(18)12(16-11)9(2)17;/h5-11,13H,3H2,1-2H3;2-5,7-9,11,23H,12H2,1H3;5-6,8,18H,3H2,1-2H3;1H4. The van der Waals surface area contributed by atoms with Gasteiger partial charge in [0.25, 0.3) is 0 Å². The zero-order valence-electron chi connectivity index (χ0n) is 39.3. The van der Waals surface area contributed by atoms with Gasteiger partial charge in [-0.3, -0.25) is 19.7 Å². The van der Waals surface area contributed by atoms with Crippen LogP contribution in [-0.4, -0.2) is 90.6 Å². The van der Waals surface area contributed by atoms with Gasteiger partial charge in [0, 0.05) is 54.5 Å². The molecule has 17 nitrogen and oxygen atoms in total. The summed E-state index contributed by atoms with van der Waals surface area (Å²) in [6.45, 7) is 4.82. The number of carbonyl (C=O) groups excluding carboxylic acids is 5. The predicted octanol–water partition coefficient (Wildman–Crippen LogP) is 8.31. The van der Waals surface area contributed by atoms with E-state index >= 15 is 0 Å². The summed E-state index contributed by atoms with van der Waals surface area (Å²) >= 11 is 0. The molecular formula is C56H46N6O11. The van der Waals surface area contributed by atoms with Crippen molar-refractivity contribution in [1.82, 2.24) is 29.9 Å². The minimum absolute atomic E-state index is 0. The van der Waals surface area contributed by atoms with Crippen molar-refractivity contribution in [2.75, 3.05) is 20.8 Å². The average molecular weight is 979 g/mol. The molecule has 73 heavy (non-hydrogen) atoms. The minimum atomic E-state index is -0.800. The van der Waals surface area contributed by atoms with Gasteiger partial charge in [0.1, 0.15) is 40.2 Å². The normalized spacial score (nSPS) is 9.84. The lowest BCUT2D eigenvalue weighted by atomic mass is 10.1. The van der Waals surface area contributed by atoms with Crippen molar-refractivity contribution < 1.29 is 53.1 Å². The Labute approximate surface area is 419 Å². The lowest BCUT2D eigenvalue weighted by Crippen LogP contribution is -2.15. The third-order valence-electron chi connectivity index (χ3n) is 9.72. The highest BCUT2D eigenvalue weighted by Crippen LogP contribution is 2.32. The summed E-state index contributed by atoms with van der Waals surface area (Å²) in [6.07, 6.45) is 5.91. The van der Waals surface area contributed by atoms with E-state index in [4.69, 9.17) is 24.1 Å². The first-order valence-electron chi connectivity index (χ1n) is 21.8. The first-order chi connectivity index (χ1) is 34.9. The molecule has 17 heteroatoms. The molecule has 8 rings (SSSR count). The van der Waals surface area contributed by atoms with E-state index in [2.05, 4.69) is 65.4 Å². The van der Waals surface area contributed by atoms with E-state index in [1.54, 1.807) is 109 Å². The summed E-state index contributed by atoms with van der Waals surface area (Å²) < 4.78 is 20.5. The molecule has 0 saturated carbocycles. The predicted molar refractivity (Wildman–Crippen MR) is 271 cm³/mol. The number of ketones is 1. The van der Waals surface area contributed by atoms with Crippen LogP contribution in [-0.2, 0) is 9.47 Å². The number of aliphatic hydroxyl groups is 1. The number of nitrogens with zero attached hydrogens (tertiary/aromatic N) is 6. The van der Waals surface area contributed by atoms with Crippen molar-refractivity contribution in [2.24, 2.45) is 0 Å². The number of aromatic hydroxyl groups is 1. The molecule has 0 aliphatic heterocycles. The maximum Gasteiger partial charge on any atom is 0.360 e. The number of aromatic nitrogens is 6. The van der Waals surface area contributed by atoms with Gasteiger partial charge in [0.05, 0.1) is 25.3 Å². The molecule has 2 N–H and O–H groups in total. The van der Waals surface area contributed by atoms with Crippen molar-refractivity contribution in [3.05, 3.63) is 161 Å². The molecule has 0 radical (unpaired) electrons. The van der Waals surface area contributed by atoms with Crippen LogP contribution in [0.4, 0.5) is 0 Å². The topological polar surface area (TPSA) is 240 Å². The van der Waals surface area contributed by atoms with Gasteiger partial charge in [-0.05, 0) is 78.4 Å². The molecule has 0 bridgehead atoms. The van der Waals surface area contributed by atoms with Crippen LogP contribution in [0.3, 0.4) is 0 Å². The molecule has 0 atom stereocenters. The molecule has 6 heterocycles. The quantitative estimate of drug-likeness (QED) is 0.0867. The highest BCUT2D eigenvalue weighted by molar-refractivity contribution is 6.04. The second kappa shape index (κ2) is 26.2. The van der Waals surface area contributed by atoms with Crippen LogP contribution in [0, 0.1) is 35.5 Å². The van der Waals surface area contributed by atoms with E-state index in [-0.39, 0.29) is 65.4 Å². The molecule has 0 spiro atoms. The molecule has 0 saturated heterocycles. The summed E-state index contributed by atoms with van der Waals surface area (Å²) in [5.74, 6) is 13.3. The van der Waals surface area contributed by atoms with Gasteiger partial charge < -0.3 is 29.2 Å². The average Bonchev–Trinajstić information content (AvgIpc) is 3.42. The number of rotatable bonds is 7. The summed E-state index contributed by atoms with van der Waals surface area (Å²) in [6, 6.07) is 27.1. The van der Waals surface area contributed by atoms with Crippen LogP contribution in [0.2, 0.25) is 0 Å². The zero-order valence-corrected chi connectivity index (χ0v) is 39.3. The Morgan fingerprint density at radius 3 is 1.25 bits per heavy atom. The van der Waals surface area contributed by atoms with E-state index in [0.717, 1.165) is 0 Å². The van der Waals surface area contributed by atoms with Crippen LogP contribution >= 0.6 is 0 Å². The van der Waals surface area contributed by atoms with Crippen LogP contribution in [0.25, 0.3) is 32.7 Å². The summed E-state index contributed by atoms with van der Waals surface area (Å²) in [5, 5.41) is 20.6. The number of aliphatic hydroxyl groups excluding tert-OH is 1. The van der Waals surface area contributed by atoms with Gasteiger partial charge >= 0.3 is 23.9 Å². The number of carbonyl (C=O) groups is 5. The third-order valence-corrected chi connectivity index (χ3v) is 9.72. The van der Waals surface area contributed by atoms with Crippen LogP contribution in [0.5, 0.6) is 17.2 Å². The Morgan fingerprint density at radius 1 is 0.507 bits per heavy atom. The number of Topliss-reactive ketones (excluding diaryl/α,β-unsaturated/α-hetero) is 1. The smallest absolute Gasteiger partial charge is 0.360 e. The van der Waals surface area contributed by atoms with Crippen molar-refractivity contribution in [1.29, 1.82) is 0 Å². The van der Waals surface area contributed by atoms with E-state index < -0.39 is 23.9 Å². The summed E-state index contributed by atoms with van der Waals surface area (Å²) in [7, 11) is 2.42. The molecule has 6 aromatic heterocycles. The van der Waals surface area contributed by atoms with Crippen molar-refractivity contribution in [3.63, 3.8) is 0 Å². The fraction of sp³-hybridized carbons (Fsp3) is 0.161. The molecule has 8 aromatic rings. The van der Waals surface area contributed by atoms with E-state index in [1.165, 1.54) is 27.3 Å². The SMILES string of the molecule is C.CCC#Cc1nc(C(=O)OC)c(OC(=O)c2ccccc2)c2ncccc12.CCC#Cc1nc(C(C)=O)c(O)c2ncccc12.COC(=O)c1nc(C#CCO)c2cccnc2c1OC(=O)c1ccccc1. The number of hydrogen-bond acceptors (Lipinski definition) is 17. The second-order valence-electron chi connectivity index (χ2n) is 14.5. The Kier molecular flexibility index (Phi) is 19.4. The first kappa shape index (κ1) is 54.1. The van der Waals surface area contributed by atoms with Crippen molar-refractivity contribution in [2.45, 2.75) is 41.0 Å². The van der Waals surface area contributed by atoms with E-state index in [9.17, 15) is 29.1 Å². The number of esters is 4. The van der Waals surface area contributed by atoms with Crippen LogP contribution < -0.4 is 9.47 Å². The molecule has 0 aliphatic rings. The Bertz CT molecular complexity index is 3380. The number of fused-ring (bicyclic) bond motifs is 3. The first-order valence-corrected chi connectivity index (χ1v) is 21.8. The number of ether oxygens (including phenoxy) is 4. The number of hydrogen-bond donors (Lipinski definition) is 2. The maximum atomic E-state index is 12.5. The van der Waals surface area contributed by atoms with Crippen molar-refractivity contribution >= 4 is 62.4 Å². The number of methoxy groups -OCH3 is 2. The molecule has 0 fully saturated rings. The molecule has 2 aromatic carbocycles. The lowest BCUT2D eigenvalue weighted by Gasteiger charge is -2.12. The number of benzene rings is 2. The highest BCUT2D eigenvalue weighted by atomic mass is 16.6. The molecule has 366 valence electrons. The lowest BCUT2D eigenvalue weighted by molar-refractivity contribution is 0.0573. The molecule has 0 unspecified atom stereocenters. The molecular weight excluding hydrogens is 933 g/mol.